The van der Waals surface area contributed by atoms with Gasteiger partial charge in [0.2, 0.25) is 0 Å². The number of halogens is 1. The second-order valence-electron chi connectivity index (χ2n) is 6.35. The zero-order valence-corrected chi connectivity index (χ0v) is 14.0. The maximum absolute atomic E-state index is 13.0. The zero-order chi connectivity index (χ0) is 17.6. The van der Waals surface area contributed by atoms with Gasteiger partial charge < -0.3 is 14.7 Å². The lowest BCUT2D eigenvalue weighted by molar-refractivity contribution is 0.0616. The van der Waals surface area contributed by atoms with E-state index in [9.17, 15) is 14.3 Å². The van der Waals surface area contributed by atoms with Gasteiger partial charge in [-0.05, 0) is 48.6 Å². The first-order valence-electron chi connectivity index (χ1n) is 8.54. The van der Waals surface area contributed by atoms with Gasteiger partial charge in [-0.3, -0.25) is 4.79 Å². The van der Waals surface area contributed by atoms with Crippen LogP contribution < -0.4 is 4.74 Å². The molecule has 0 saturated carbocycles. The van der Waals surface area contributed by atoms with Gasteiger partial charge in [-0.1, -0.05) is 24.3 Å². The number of hydrogen-bond donors (Lipinski definition) is 1. The van der Waals surface area contributed by atoms with Crippen molar-refractivity contribution < 1.29 is 19.0 Å². The van der Waals surface area contributed by atoms with Gasteiger partial charge in [0.25, 0.3) is 5.91 Å². The summed E-state index contributed by atoms with van der Waals surface area (Å²) in [4.78, 5) is 14.6. The van der Waals surface area contributed by atoms with Crippen molar-refractivity contribution in [3.63, 3.8) is 0 Å². The van der Waals surface area contributed by atoms with Crippen molar-refractivity contribution >= 4 is 5.91 Å². The molecule has 2 aromatic rings. The summed E-state index contributed by atoms with van der Waals surface area (Å²) in [5, 5.41) is 9.36. The van der Waals surface area contributed by atoms with E-state index in [1.54, 1.807) is 29.2 Å². The van der Waals surface area contributed by atoms with E-state index in [-0.39, 0.29) is 30.9 Å². The number of amides is 1. The summed E-state index contributed by atoms with van der Waals surface area (Å²) in [7, 11) is 0. The highest BCUT2D eigenvalue weighted by molar-refractivity contribution is 5.97. The molecule has 132 valence electrons. The highest BCUT2D eigenvalue weighted by atomic mass is 19.1. The maximum Gasteiger partial charge on any atom is 0.257 e. The predicted molar refractivity (Wildman–Crippen MR) is 92.9 cm³/mol. The van der Waals surface area contributed by atoms with Gasteiger partial charge in [0, 0.05) is 19.7 Å². The Bertz CT molecular complexity index is 717. The van der Waals surface area contributed by atoms with E-state index in [0.717, 1.165) is 18.4 Å². The third-order valence-corrected chi connectivity index (χ3v) is 4.49. The number of hydrogen-bond acceptors (Lipinski definition) is 3. The van der Waals surface area contributed by atoms with Crippen molar-refractivity contribution in [1.29, 1.82) is 0 Å². The number of aliphatic hydroxyl groups excluding tert-OH is 1. The summed E-state index contributed by atoms with van der Waals surface area (Å²) < 4.78 is 18.8. The second kappa shape index (κ2) is 8.12. The molecule has 1 fully saturated rings. The number of carbonyl (C=O) groups excluding carboxylic acids is 1. The highest BCUT2D eigenvalue weighted by Crippen LogP contribution is 2.24. The fraction of sp³-hybridized carbons (Fsp3) is 0.350. The summed E-state index contributed by atoms with van der Waals surface area (Å²) in [6, 6.07) is 13.3. The average molecular weight is 343 g/mol. The fourth-order valence-corrected chi connectivity index (χ4v) is 3.08. The van der Waals surface area contributed by atoms with E-state index in [4.69, 9.17) is 4.74 Å². The van der Waals surface area contributed by atoms with Gasteiger partial charge in [-0.25, -0.2) is 4.39 Å². The molecule has 1 amide bonds. The first-order valence-corrected chi connectivity index (χ1v) is 8.54. The lowest BCUT2D eigenvalue weighted by Crippen LogP contribution is -2.41. The number of carbonyl (C=O) groups is 1. The third kappa shape index (κ3) is 4.37. The number of ether oxygens (including phenoxy) is 1. The van der Waals surface area contributed by atoms with Crippen LogP contribution in [0.2, 0.25) is 0 Å². The Morgan fingerprint density at radius 1 is 1.20 bits per heavy atom. The van der Waals surface area contributed by atoms with Crippen LogP contribution in [0.1, 0.15) is 28.8 Å². The third-order valence-electron chi connectivity index (χ3n) is 4.49. The molecule has 1 atom stereocenters. The summed E-state index contributed by atoms with van der Waals surface area (Å²) in [6.45, 7) is 1.64. The number of likely N-dealkylation sites (tertiary alicyclic amines) is 1. The molecule has 1 unspecified atom stereocenters. The lowest BCUT2D eigenvalue weighted by atomic mass is 9.98. The predicted octanol–water partition coefficient (Wildman–Crippen LogP) is 3.25. The average Bonchev–Trinajstić information content (AvgIpc) is 2.67. The van der Waals surface area contributed by atoms with Crippen LogP contribution in [0.25, 0.3) is 0 Å². The molecule has 0 radical (unpaired) electrons. The van der Waals surface area contributed by atoms with Crippen LogP contribution in [0.4, 0.5) is 4.39 Å². The molecule has 2 aromatic carbocycles. The Balaban J connectivity index is 1.71. The monoisotopic (exact) mass is 343 g/mol. The molecule has 0 bridgehead atoms. The molecule has 1 saturated heterocycles. The number of piperidine rings is 1. The molecule has 4 nitrogen and oxygen atoms in total. The standard InChI is InChI=1S/C20H22FNO3/c21-17-9-7-15(8-10-17)14-25-19-6-2-1-5-18(19)20(24)22-11-3-4-16(12-22)13-23/h1-2,5-10,16,23H,3-4,11-14H2. The molecular weight excluding hydrogens is 321 g/mol. The van der Waals surface area contributed by atoms with E-state index < -0.39 is 0 Å². The summed E-state index contributed by atoms with van der Waals surface area (Å²) in [5.74, 6) is 0.295. The molecule has 1 heterocycles. The van der Waals surface area contributed by atoms with Gasteiger partial charge in [0.05, 0.1) is 5.56 Å². The van der Waals surface area contributed by atoms with Crippen LogP contribution >= 0.6 is 0 Å². The Labute approximate surface area is 146 Å². The summed E-state index contributed by atoms with van der Waals surface area (Å²) >= 11 is 0. The molecule has 0 spiro atoms. The molecule has 1 aliphatic rings. The Hall–Kier alpha value is -2.40. The van der Waals surface area contributed by atoms with Crippen LogP contribution in [-0.4, -0.2) is 35.6 Å². The van der Waals surface area contributed by atoms with Gasteiger partial charge >= 0.3 is 0 Å². The van der Waals surface area contributed by atoms with E-state index in [1.165, 1.54) is 12.1 Å². The summed E-state index contributed by atoms with van der Waals surface area (Å²) in [5.41, 5.74) is 1.35. The zero-order valence-electron chi connectivity index (χ0n) is 14.0. The quantitative estimate of drug-likeness (QED) is 0.907. The first-order chi connectivity index (χ1) is 12.2. The SMILES string of the molecule is O=C(c1ccccc1OCc1ccc(F)cc1)N1CCCC(CO)C1. The van der Waals surface area contributed by atoms with Gasteiger partial charge in [-0.15, -0.1) is 0 Å². The van der Waals surface area contributed by atoms with E-state index >= 15 is 0 Å². The lowest BCUT2D eigenvalue weighted by Gasteiger charge is -2.32. The number of para-hydroxylation sites is 1. The Kier molecular flexibility index (Phi) is 5.66. The van der Waals surface area contributed by atoms with Gasteiger partial charge in [-0.2, -0.15) is 0 Å². The molecule has 0 aliphatic carbocycles. The summed E-state index contributed by atoms with van der Waals surface area (Å²) in [6.07, 6.45) is 1.85. The first kappa shape index (κ1) is 17.4. The number of aliphatic hydroxyl groups is 1. The van der Waals surface area contributed by atoms with E-state index in [2.05, 4.69) is 0 Å². The molecule has 25 heavy (non-hydrogen) atoms. The van der Waals surface area contributed by atoms with Crippen LogP contribution in [0, 0.1) is 11.7 Å². The van der Waals surface area contributed by atoms with Crippen molar-refractivity contribution in [3.05, 3.63) is 65.5 Å². The van der Waals surface area contributed by atoms with Gasteiger partial charge in [0.15, 0.2) is 0 Å². The smallest absolute Gasteiger partial charge is 0.257 e. The largest absolute Gasteiger partial charge is 0.488 e. The highest BCUT2D eigenvalue weighted by Gasteiger charge is 2.25. The molecule has 1 aliphatic heterocycles. The van der Waals surface area contributed by atoms with Crippen LogP contribution in [-0.2, 0) is 6.61 Å². The van der Waals surface area contributed by atoms with Crippen molar-refractivity contribution in [1.82, 2.24) is 4.90 Å². The molecule has 0 aromatic heterocycles. The van der Waals surface area contributed by atoms with Crippen molar-refractivity contribution in [3.8, 4) is 5.75 Å². The molecule has 1 N–H and O–H groups in total. The van der Waals surface area contributed by atoms with Crippen LogP contribution in [0.5, 0.6) is 5.75 Å². The Morgan fingerprint density at radius 3 is 2.72 bits per heavy atom. The number of benzene rings is 2. The minimum Gasteiger partial charge on any atom is -0.488 e. The Morgan fingerprint density at radius 2 is 1.96 bits per heavy atom. The van der Waals surface area contributed by atoms with E-state index in [1.807, 2.05) is 12.1 Å². The van der Waals surface area contributed by atoms with Crippen molar-refractivity contribution in [2.75, 3.05) is 19.7 Å². The number of nitrogens with zero attached hydrogens (tertiary/aromatic N) is 1. The molecule has 5 heteroatoms. The second-order valence-corrected chi connectivity index (χ2v) is 6.35. The van der Waals surface area contributed by atoms with Crippen LogP contribution in [0.15, 0.2) is 48.5 Å². The minimum atomic E-state index is -0.289. The topological polar surface area (TPSA) is 49.8 Å². The number of rotatable bonds is 5. The van der Waals surface area contributed by atoms with E-state index in [0.29, 0.717) is 24.4 Å². The van der Waals surface area contributed by atoms with Gasteiger partial charge in [0.1, 0.15) is 18.2 Å². The molecule has 3 rings (SSSR count). The van der Waals surface area contributed by atoms with Crippen molar-refractivity contribution in [2.45, 2.75) is 19.4 Å². The minimum absolute atomic E-state index is 0.0761. The maximum atomic E-state index is 13.0. The van der Waals surface area contributed by atoms with Crippen LogP contribution in [0.3, 0.4) is 0 Å². The molecular formula is C20H22FNO3. The fourth-order valence-electron chi connectivity index (χ4n) is 3.08. The van der Waals surface area contributed by atoms with Crippen molar-refractivity contribution in [2.24, 2.45) is 5.92 Å². The normalized spacial score (nSPS) is 17.4.